The second kappa shape index (κ2) is 8.24. The molecule has 3 aliphatic rings. The number of ether oxygens (including phenoxy) is 1. The first kappa shape index (κ1) is 19.4. The number of amides is 2. The quantitative estimate of drug-likeness (QED) is 0.795. The maximum Gasteiger partial charge on any atom is 0.229 e. The molecule has 0 aromatic heterocycles. The summed E-state index contributed by atoms with van der Waals surface area (Å²) < 4.78 is 6.15. The molecular formula is C23H32N2O3. The van der Waals surface area contributed by atoms with Crippen molar-refractivity contribution in [2.75, 3.05) is 6.61 Å². The molecule has 28 heavy (non-hydrogen) atoms. The normalized spacial score (nSPS) is 28.2. The molecule has 2 aliphatic heterocycles. The molecule has 5 heteroatoms. The number of hydrogen-bond donors (Lipinski definition) is 1. The Balaban J connectivity index is 1.43. The minimum Gasteiger partial charge on any atom is -0.493 e. The maximum absolute atomic E-state index is 12.0. The number of carbonyl (C=O) groups excluding carboxylic acids is 2. The number of carbonyl (C=O) groups is 2. The molecular weight excluding hydrogens is 352 g/mol. The number of likely N-dealkylation sites (tertiary alicyclic amines) is 1. The summed E-state index contributed by atoms with van der Waals surface area (Å²) in [4.78, 5) is 25.6. The Hall–Kier alpha value is -1.88. The molecule has 1 saturated heterocycles. The average Bonchev–Trinajstić information content (AvgIpc) is 2.89. The average molecular weight is 385 g/mol. The molecule has 1 aromatic carbocycles. The third-order valence-electron chi connectivity index (χ3n) is 6.55. The van der Waals surface area contributed by atoms with Gasteiger partial charge in [0.05, 0.1) is 6.61 Å². The highest BCUT2D eigenvalue weighted by molar-refractivity contribution is 6.02. The third kappa shape index (κ3) is 3.82. The summed E-state index contributed by atoms with van der Waals surface area (Å²) in [6.45, 7) is 5.21. The second-order valence-electron chi connectivity index (χ2n) is 8.79. The van der Waals surface area contributed by atoms with E-state index < -0.39 is 0 Å². The van der Waals surface area contributed by atoms with E-state index in [0.29, 0.717) is 30.8 Å². The van der Waals surface area contributed by atoms with Crippen LogP contribution in [0.1, 0.15) is 88.3 Å². The highest BCUT2D eigenvalue weighted by atomic mass is 16.5. The van der Waals surface area contributed by atoms with Crippen molar-refractivity contribution in [2.24, 2.45) is 0 Å². The van der Waals surface area contributed by atoms with Crippen molar-refractivity contribution in [3.05, 3.63) is 29.3 Å². The molecule has 2 heterocycles. The number of benzene rings is 1. The fourth-order valence-corrected chi connectivity index (χ4v) is 5.05. The summed E-state index contributed by atoms with van der Waals surface area (Å²) >= 11 is 0. The van der Waals surface area contributed by atoms with Gasteiger partial charge in [0.25, 0.3) is 0 Å². The predicted octanol–water partition coefficient (Wildman–Crippen LogP) is 4.07. The highest BCUT2D eigenvalue weighted by Crippen LogP contribution is 2.38. The van der Waals surface area contributed by atoms with Crippen molar-refractivity contribution in [2.45, 2.75) is 89.3 Å². The van der Waals surface area contributed by atoms with Crippen LogP contribution in [0, 0.1) is 0 Å². The van der Waals surface area contributed by atoms with Crippen molar-refractivity contribution >= 4 is 11.8 Å². The minimum absolute atomic E-state index is 0.0254. The van der Waals surface area contributed by atoms with Gasteiger partial charge in [-0.2, -0.15) is 0 Å². The fraction of sp³-hybridized carbons (Fsp3) is 0.652. The van der Waals surface area contributed by atoms with Crippen LogP contribution in [0.25, 0.3) is 0 Å². The lowest BCUT2D eigenvalue weighted by Crippen LogP contribution is -2.45. The number of nitrogens with one attached hydrogen (secondary N) is 1. The zero-order valence-corrected chi connectivity index (χ0v) is 17.1. The summed E-state index contributed by atoms with van der Waals surface area (Å²) in [7, 11) is 0. The second-order valence-corrected chi connectivity index (χ2v) is 8.79. The summed E-state index contributed by atoms with van der Waals surface area (Å²) in [5.74, 6) is 1.57. The van der Waals surface area contributed by atoms with Crippen LogP contribution in [0.15, 0.2) is 18.2 Å². The first-order valence-corrected chi connectivity index (χ1v) is 10.9. The lowest BCUT2D eigenvalue weighted by Gasteiger charge is -2.35. The van der Waals surface area contributed by atoms with Crippen LogP contribution < -0.4 is 10.1 Å². The first-order chi connectivity index (χ1) is 13.5. The summed E-state index contributed by atoms with van der Waals surface area (Å²) in [6, 6.07) is 7.39. The van der Waals surface area contributed by atoms with E-state index in [9.17, 15) is 9.59 Å². The molecule has 1 saturated carbocycles. The summed E-state index contributed by atoms with van der Waals surface area (Å²) in [5, 5.41) is 3.89. The van der Waals surface area contributed by atoms with Crippen molar-refractivity contribution in [1.29, 1.82) is 0 Å². The Morgan fingerprint density at radius 1 is 1.04 bits per heavy atom. The predicted molar refractivity (Wildman–Crippen MR) is 108 cm³/mol. The van der Waals surface area contributed by atoms with E-state index in [-0.39, 0.29) is 17.9 Å². The Kier molecular flexibility index (Phi) is 5.72. The molecule has 0 radical (unpaired) electrons. The van der Waals surface area contributed by atoms with Gasteiger partial charge in [-0.3, -0.25) is 14.5 Å². The van der Waals surface area contributed by atoms with E-state index in [1.165, 1.54) is 11.1 Å². The van der Waals surface area contributed by atoms with Gasteiger partial charge in [0.15, 0.2) is 0 Å². The van der Waals surface area contributed by atoms with Gasteiger partial charge in [0.1, 0.15) is 5.75 Å². The van der Waals surface area contributed by atoms with Crippen molar-refractivity contribution in [3.63, 3.8) is 0 Å². The molecule has 0 spiro atoms. The van der Waals surface area contributed by atoms with E-state index in [0.717, 1.165) is 50.9 Å². The van der Waals surface area contributed by atoms with Crippen molar-refractivity contribution in [3.8, 4) is 5.75 Å². The molecule has 1 aromatic rings. The molecule has 2 amide bonds. The zero-order valence-electron chi connectivity index (χ0n) is 17.1. The number of rotatable bonds is 4. The summed E-state index contributed by atoms with van der Waals surface area (Å²) in [6.07, 6.45) is 6.78. The van der Waals surface area contributed by atoms with Crippen LogP contribution in [-0.4, -0.2) is 35.4 Å². The van der Waals surface area contributed by atoms with E-state index in [2.05, 4.69) is 37.4 Å². The monoisotopic (exact) mass is 384 g/mol. The van der Waals surface area contributed by atoms with Crippen molar-refractivity contribution in [1.82, 2.24) is 10.2 Å². The third-order valence-corrected chi connectivity index (χ3v) is 6.55. The van der Waals surface area contributed by atoms with Crippen LogP contribution in [0.4, 0.5) is 0 Å². The molecule has 1 unspecified atom stereocenters. The van der Waals surface area contributed by atoms with E-state index in [1.54, 1.807) is 4.90 Å². The lowest BCUT2D eigenvalue weighted by atomic mass is 9.88. The van der Waals surface area contributed by atoms with Gasteiger partial charge < -0.3 is 10.1 Å². The maximum atomic E-state index is 12.0. The van der Waals surface area contributed by atoms with Crippen LogP contribution in [-0.2, 0) is 9.59 Å². The first-order valence-electron chi connectivity index (χ1n) is 10.9. The highest BCUT2D eigenvalue weighted by Gasteiger charge is 2.37. The van der Waals surface area contributed by atoms with E-state index in [4.69, 9.17) is 4.74 Å². The molecule has 1 aliphatic carbocycles. The Morgan fingerprint density at radius 3 is 2.43 bits per heavy atom. The van der Waals surface area contributed by atoms with Crippen LogP contribution in [0.2, 0.25) is 0 Å². The van der Waals surface area contributed by atoms with Crippen LogP contribution in [0.3, 0.4) is 0 Å². The van der Waals surface area contributed by atoms with Gasteiger partial charge in [-0.1, -0.05) is 32.0 Å². The van der Waals surface area contributed by atoms with Gasteiger partial charge in [-0.15, -0.1) is 0 Å². The fourth-order valence-electron chi connectivity index (χ4n) is 5.05. The van der Waals surface area contributed by atoms with Gasteiger partial charge >= 0.3 is 0 Å². The van der Waals surface area contributed by atoms with Gasteiger partial charge in [-0.25, -0.2) is 0 Å². The lowest BCUT2D eigenvalue weighted by molar-refractivity contribution is -0.141. The Bertz CT molecular complexity index is 721. The molecule has 152 valence electrons. The molecule has 1 N–H and O–H groups in total. The number of hydrogen-bond acceptors (Lipinski definition) is 4. The van der Waals surface area contributed by atoms with Gasteiger partial charge in [-0.05, 0) is 50.0 Å². The number of nitrogens with zero attached hydrogens (tertiary/aromatic N) is 1. The van der Waals surface area contributed by atoms with Gasteiger partial charge in [0.2, 0.25) is 11.8 Å². The Labute approximate surface area is 167 Å². The number of fused-ring (bicyclic) bond motifs is 1. The summed E-state index contributed by atoms with van der Waals surface area (Å²) in [5.41, 5.74) is 2.58. The minimum atomic E-state index is 0.0254. The molecule has 5 nitrogen and oxygen atoms in total. The number of imide groups is 1. The van der Waals surface area contributed by atoms with Gasteiger partial charge in [0, 0.05) is 36.5 Å². The number of para-hydroxylation sites is 1. The van der Waals surface area contributed by atoms with Crippen molar-refractivity contribution < 1.29 is 14.3 Å². The smallest absolute Gasteiger partial charge is 0.229 e. The molecule has 4 rings (SSSR count). The SMILES string of the molecule is CC(C)c1cccc2c1OCCCC2NC1CCC(N2C(=O)CCC2=O)CC1. The van der Waals surface area contributed by atoms with Crippen LogP contribution in [0.5, 0.6) is 5.75 Å². The molecule has 1 atom stereocenters. The van der Waals surface area contributed by atoms with E-state index in [1.807, 2.05) is 0 Å². The van der Waals surface area contributed by atoms with Crippen LogP contribution >= 0.6 is 0 Å². The standard InChI is InChI=1S/C23H32N2O3/c1-15(2)18-5-3-6-19-20(7-4-14-28-23(18)19)24-16-8-10-17(11-9-16)25-21(26)12-13-22(25)27/h3,5-6,15-17,20,24H,4,7-14H2,1-2H3. The molecule has 2 fully saturated rings. The largest absolute Gasteiger partial charge is 0.493 e. The van der Waals surface area contributed by atoms with E-state index >= 15 is 0 Å². The molecule has 0 bridgehead atoms. The Morgan fingerprint density at radius 2 is 1.75 bits per heavy atom. The zero-order chi connectivity index (χ0) is 19.7. The topological polar surface area (TPSA) is 58.6 Å².